The van der Waals surface area contributed by atoms with Gasteiger partial charge in [0.15, 0.2) is 0 Å². The SMILES string of the molecule is OCc1ccc(C2=C(c3ccc(CC4CN(CCCF)C4)cc3)c3ccc4[nH]ccc4c3CCC2)cc1. The molecule has 4 heteroatoms. The highest BCUT2D eigenvalue weighted by Crippen LogP contribution is 2.42. The predicted octanol–water partition coefficient (Wildman–Crippen LogP) is 6.79. The van der Waals surface area contributed by atoms with E-state index in [-0.39, 0.29) is 13.3 Å². The topological polar surface area (TPSA) is 39.3 Å². The number of aliphatic hydroxyl groups is 1. The minimum Gasteiger partial charge on any atom is -0.392 e. The number of hydrogen-bond acceptors (Lipinski definition) is 2. The molecule has 1 aliphatic carbocycles. The molecule has 1 aromatic heterocycles. The largest absolute Gasteiger partial charge is 0.392 e. The van der Waals surface area contributed by atoms with Crippen LogP contribution < -0.4 is 0 Å². The van der Waals surface area contributed by atoms with Gasteiger partial charge in [0, 0.05) is 36.7 Å². The summed E-state index contributed by atoms with van der Waals surface area (Å²) in [5, 5.41) is 10.9. The van der Waals surface area contributed by atoms with Crippen molar-refractivity contribution in [3.05, 3.63) is 106 Å². The normalized spacial score (nSPS) is 16.6. The molecule has 1 fully saturated rings. The minimum absolute atomic E-state index is 0.0660. The first-order valence-corrected chi connectivity index (χ1v) is 13.6. The van der Waals surface area contributed by atoms with Crippen molar-refractivity contribution < 1.29 is 9.50 Å². The Kier molecular flexibility index (Phi) is 6.95. The van der Waals surface area contributed by atoms with Crippen LogP contribution in [0.3, 0.4) is 0 Å². The van der Waals surface area contributed by atoms with E-state index in [0.29, 0.717) is 12.3 Å². The molecule has 2 N–H and O–H groups in total. The molecule has 0 bridgehead atoms. The fourth-order valence-electron chi connectivity index (χ4n) is 6.27. The van der Waals surface area contributed by atoms with Gasteiger partial charge in [0.25, 0.3) is 0 Å². The molecule has 0 atom stereocenters. The second kappa shape index (κ2) is 10.6. The minimum atomic E-state index is -0.217. The van der Waals surface area contributed by atoms with Gasteiger partial charge >= 0.3 is 0 Å². The number of rotatable bonds is 8. The van der Waals surface area contributed by atoms with Crippen LogP contribution in [0.4, 0.5) is 4.39 Å². The second-order valence-corrected chi connectivity index (χ2v) is 10.7. The highest BCUT2D eigenvalue weighted by molar-refractivity contribution is 6.02. The van der Waals surface area contributed by atoms with Crippen LogP contribution in [-0.2, 0) is 19.4 Å². The van der Waals surface area contributed by atoms with Gasteiger partial charge in [0.1, 0.15) is 0 Å². The van der Waals surface area contributed by atoms with Crippen molar-refractivity contribution in [2.24, 2.45) is 5.92 Å². The van der Waals surface area contributed by atoms with E-state index in [1.54, 1.807) is 0 Å². The monoisotopic (exact) mass is 494 g/mol. The van der Waals surface area contributed by atoms with E-state index in [0.717, 1.165) is 50.9 Å². The number of alkyl halides is 1. The number of aliphatic hydroxyl groups excluding tert-OH is 1. The molecule has 0 unspecified atom stereocenters. The predicted molar refractivity (Wildman–Crippen MR) is 150 cm³/mol. The molecule has 2 heterocycles. The van der Waals surface area contributed by atoms with Crippen LogP contribution in [0, 0.1) is 5.92 Å². The number of halogens is 1. The van der Waals surface area contributed by atoms with Crippen LogP contribution >= 0.6 is 0 Å². The van der Waals surface area contributed by atoms with E-state index in [9.17, 15) is 9.50 Å². The van der Waals surface area contributed by atoms with Gasteiger partial charge in [-0.2, -0.15) is 0 Å². The van der Waals surface area contributed by atoms with Crippen molar-refractivity contribution in [3.63, 3.8) is 0 Å². The van der Waals surface area contributed by atoms with Crippen molar-refractivity contribution in [1.29, 1.82) is 0 Å². The van der Waals surface area contributed by atoms with E-state index in [4.69, 9.17) is 0 Å². The van der Waals surface area contributed by atoms with Crippen LogP contribution in [0.1, 0.15) is 52.6 Å². The lowest BCUT2D eigenvalue weighted by Gasteiger charge is -2.39. The lowest BCUT2D eigenvalue weighted by atomic mass is 9.86. The number of aromatic nitrogens is 1. The Bertz CT molecular complexity index is 1390. The third kappa shape index (κ3) is 4.88. The molecular weight excluding hydrogens is 459 g/mol. The fraction of sp³-hybridized carbons (Fsp3) is 0.333. The van der Waals surface area contributed by atoms with Gasteiger partial charge in [-0.3, -0.25) is 4.39 Å². The molecule has 190 valence electrons. The van der Waals surface area contributed by atoms with Crippen molar-refractivity contribution >= 4 is 22.0 Å². The molecule has 0 spiro atoms. The number of fused-ring (bicyclic) bond motifs is 3. The molecule has 37 heavy (non-hydrogen) atoms. The van der Waals surface area contributed by atoms with E-state index >= 15 is 0 Å². The molecule has 6 rings (SSSR count). The third-order valence-electron chi connectivity index (χ3n) is 8.16. The average molecular weight is 495 g/mol. The standard InChI is InChI=1S/C33H35FN2O/c34-16-2-18-36-20-25(21-36)19-23-5-11-27(12-6-23)33-28(26-9-7-24(22-37)8-10-26)3-1-4-29-30-15-17-35-32(30)14-13-31(29)33/h5-15,17,25,35,37H,1-4,16,18-22H2. The average Bonchev–Trinajstić information content (AvgIpc) is 3.31. The first-order chi connectivity index (χ1) is 18.2. The Balaban J connectivity index is 1.36. The van der Waals surface area contributed by atoms with Crippen LogP contribution in [0.25, 0.3) is 22.0 Å². The van der Waals surface area contributed by atoms with Gasteiger partial charge in [-0.05, 0) is 94.7 Å². The van der Waals surface area contributed by atoms with Gasteiger partial charge < -0.3 is 15.0 Å². The number of allylic oxidation sites excluding steroid dienone is 1. The lowest BCUT2D eigenvalue weighted by molar-refractivity contribution is 0.0968. The van der Waals surface area contributed by atoms with Crippen LogP contribution in [0.15, 0.2) is 72.9 Å². The highest BCUT2D eigenvalue weighted by Gasteiger charge is 2.26. The Morgan fingerprint density at radius 3 is 2.38 bits per heavy atom. The number of nitrogens with one attached hydrogen (secondary N) is 1. The number of hydrogen-bond donors (Lipinski definition) is 2. The van der Waals surface area contributed by atoms with Gasteiger partial charge in [-0.15, -0.1) is 0 Å². The van der Waals surface area contributed by atoms with Crippen molar-refractivity contribution in [2.45, 2.75) is 38.7 Å². The maximum absolute atomic E-state index is 12.5. The highest BCUT2D eigenvalue weighted by atomic mass is 19.1. The summed E-state index contributed by atoms with van der Waals surface area (Å²) in [5.74, 6) is 0.672. The molecule has 2 aliphatic rings. The summed E-state index contributed by atoms with van der Waals surface area (Å²) in [6.45, 7) is 2.90. The third-order valence-corrected chi connectivity index (χ3v) is 8.16. The Morgan fingerprint density at radius 1 is 0.865 bits per heavy atom. The second-order valence-electron chi connectivity index (χ2n) is 10.7. The van der Waals surface area contributed by atoms with Crippen LogP contribution in [0.5, 0.6) is 0 Å². The fourth-order valence-corrected chi connectivity index (χ4v) is 6.27. The molecular formula is C33H35FN2O. The molecule has 1 saturated heterocycles. The number of aryl methyl sites for hydroxylation is 1. The quantitative estimate of drug-likeness (QED) is 0.283. The van der Waals surface area contributed by atoms with Crippen molar-refractivity contribution in [3.8, 4) is 0 Å². The van der Waals surface area contributed by atoms with Crippen molar-refractivity contribution in [1.82, 2.24) is 9.88 Å². The zero-order chi connectivity index (χ0) is 25.2. The van der Waals surface area contributed by atoms with Crippen LogP contribution in [0.2, 0.25) is 0 Å². The Labute approximate surface area is 218 Å². The molecule has 3 aromatic carbocycles. The molecule has 0 radical (unpaired) electrons. The summed E-state index contributed by atoms with van der Waals surface area (Å²) < 4.78 is 12.5. The zero-order valence-corrected chi connectivity index (χ0v) is 21.3. The Morgan fingerprint density at radius 2 is 1.62 bits per heavy atom. The van der Waals surface area contributed by atoms with E-state index in [1.165, 1.54) is 49.9 Å². The zero-order valence-electron chi connectivity index (χ0n) is 21.3. The summed E-state index contributed by atoms with van der Waals surface area (Å²) in [6.07, 6.45) is 6.97. The first-order valence-electron chi connectivity index (χ1n) is 13.6. The number of H-pyrrole nitrogens is 1. The number of likely N-dealkylation sites (tertiary alicyclic amines) is 1. The molecule has 0 saturated carbocycles. The number of benzene rings is 3. The maximum Gasteiger partial charge on any atom is 0.0906 e. The molecule has 1 aliphatic heterocycles. The summed E-state index contributed by atoms with van der Waals surface area (Å²) >= 11 is 0. The summed E-state index contributed by atoms with van der Waals surface area (Å²) in [4.78, 5) is 5.75. The summed E-state index contributed by atoms with van der Waals surface area (Å²) in [6, 6.07) is 24.4. The number of aromatic amines is 1. The molecule has 3 nitrogen and oxygen atoms in total. The van der Waals surface area contributed by atoms with Gasteiger partial charge in [0.05, 0.1) is 13.3 Å². The Hall–Kier alpha value is -3.21. The maximum atomic E-state index is 12.5. The molecule has 4 aromatic rings. The van der Waals surface area contributed by atoms with E-state index in [2.05, 4.69) is 64.5 Å². The van der Waals surface area contributed by atoms with E-state index < -0.39 is 0 Å². The van der Waals surface area contributed by atoms with Crippen LogP contribution in [-0.4, -0.2) is 41.3 Å². The van der Waals surface area contributed by atoms with E-state index in [1.807, 2.05) is 18.3 Å². The van der Waals surface area contributed by atoms with Gasteiger partial charge in [-0.1, -0.05) is 54.6 Å². The summed E-state index contributed by atoms with van der Waals surface area (Å²) in [7, 11) is 0. The van der Waals surface area contributed by atoms with Gasteiger partial charge in [-0.25, -0.2) is 0 Å². The first kappa shape index (κ1) is 24.1. The smallest absolute Gasteiger partial charge is 0.0906 e. The number of nitrogens with zero attached hydrogens (tertiary/aromatic N) is 1. The summed E-state index contributed by atoms with van der Waals surface area (Å²) in [5.41, 5.74) is 11.5. The van der Waals surface area contributed by atoms with Gasteiger partial charge in [0.2, 0.25) is 0 Å². The lowest BCUT2D eigenvalue weighted by Crippen LogP contribution is -2.47. The van der Waals surface area contributed by atoms with Crippen molar-refractivity contribution in [2.75, 3.05) is 26.3 Å². The molecule has 0 amide bonds.